The zero-order chi connectivity index (χ0) is 19.0. The fraction of sp³-hybridized carbons (Fsp3) is 0. The van der Waals surface area contributed by atoms with Crippen LogP contribution in [0.1, 0.15) is 10.5 Å². The molecule has 0 radical (unpaired) electrons. The topological polar surface area (TPSA) is 92.4 Å². The van der Waals surface area contributed by atoms with Gasteiger partial charge in [-0.15, -0.1) is 0 Å². The summed E-state index contributed by atoms with van der Waals surface area (Å²) in [6.07, 6.45) is 1.29. The number of carbonyl (C=O) groups is 1. The Hall–Kier alpha value is -3.93. The van der Waals surface area contributed by atoms with E-state index in [4.69, 9.17) is 0 Å². The maximum absolute atomic E-state index is 13.3. The van der Waals surface area contributed by atoms with E-state index in [9.17, 15) is 19.8 Å². The number of aromatic hydroxyl groups is 1. The molecule has 0 saturated carbocycles. The standard InChI is InChI=1S/C21H14N2O4/c24-19-16-11-15(13-7-3-1-4-8-13)20(25)23(14-9-5-2-6-10-14)17(16)12-22-18(19)21(26)27/h1-12,24H,(H,26,27). The van der Waals surface area contributed by atoms with Crippen LogP contribution in [0.3, 0.4) is 0 Å². The third-order valence-electron chi connectivity index (χ3n) is 4.34. The number of hydrogen-bond acceptors (Lipinski definition) is 4. The molecule has 0 spiro atoms. The first-order valence-corrected chi connectivity index (χ1v) is 8.20. The van der Waals surface area contributed by atoms with E-state index in [0.29, 0.717) is 22.3 Å². The van der Waals surface area contributed by atoms with Crippen molar-refractivity contribution in [3.63, 3.8) is 0 Å². The minimum absolute atomic E-state index is 0.240. The number of benzene rings is 2. The zero-order valence-electron chi connectivity index (χ0n) is 14.0. The Morgan fingerprint density at radius 3 is 2.22 bits per heavy atom. The van der Waals surface area contributed by atoms with Crippen molar-refractivity contribution < 1.29 is 15.0 Å². The quantitative estimate of drug-likeness (QED) is 0.585. The highest BCUT2D eigenvalue weighted by molar-refractivity contribution is 5.98. The van der Waals surface area contributed by atoms with Crippen LogP contribution in [0.2, 0.25) is 0 Å². The van der Waals surface area contributed by atoms with Crippen LogP contribution < -0.4 is 5.56 Å². The summed E-state index contributed by atoms with van der Waals surface area (Å²) in [5, 5.41) is 20.0. The number of hydrogen-bond donors (Lipinski definition) is 2. The molecule has 0 unspecified atom stereocenters. The first kappa shape index (κ1) is 16.5. The molecule has 0 aliphatic carbocycles. The lowest BCUT2D eigenvalue weighted by atomic mass is 10.0. The van der Waals surface area contributed by atoms with Crippen LogP contribution in [0.5, 0.6) is 5.75 Å². The third-order valence-corrected chi connectivity index (χ3v) is 4.34. The molecule has 27 heavy (non-hydrogen) atoms. The summed E-state index contributed by atoms with van der Waals surface area (Å²) in [6, 6.07) is 19.5. The molecule has 4 rings (SSSR count). The van der Waals surface area contributed by atoms with Crippen molar-refractivity contribution in [2.75, 3.05) is 0 Å². The molecule has 132 valence electrons. The summed E-state index contributed by atoms with van der Waals surface area (Å²) < 4.78 is 1.43. The normalized spacial score (nSPS) is 10.8. The van der Waals surface area contributed by atoms with Gasteiger partial charge in [0.2, 0.25) is 0 Å². The number of fused-ring (bicyclic) bond motifs is 1. The summed E-state index contributed by atoms with van der Waals surface area (Å²) >= 11 is 0. The molecule has 0 saturated heterocycles. The van der Waals surface area contributed by atoms with Crippen molar-refractivity contribution in [2.45, 2.75) is 0 Å². The van der Waals surface area contributed by atoms with Crippen molar-refractivity contribution in [2.24, 2.45) is 0 Å². The molecule has 2 aromatic carbocycles. The third kappa shape index (κ3) is 2.73. The second-order valence-corrected chi connectivity index (χ2v) is 5.96. The molecule has 0 aliphatic rings. The van der Waals surface area contributed by atoms with Crippen molar-refractivity contribution in [3.05, 3.63) is 89.0 Å². The average Bonchev–Trinajstić information content (AvgIpc) is 2.69. The van der Waals surface area contributed by atoms with Crippen molar-refractivity contribution in [1.82, 2.24) is 9.55 Å². The SMILES string of the molecule is O=C(O)c1ncc2c(cc(-c3ccccc3)c(=O)n2-c2ccccc2)c1O. The lowest BCUT2D eigenvalue weighted by molar-refractivity contribution is 0.0687. The Labute approximate surface area is 153 Å². The predicted molar refractivity (Wildman–Crippen MR) is 101 cm³/mol. The molecular formula is C21H14N2O4. The van der Waals surface area contributed by atoms with E-state index < -0.39 is 17.4 Å². The molecule has 2 aromatic heterocycles. The van der Waals surface area contributed by atoms with E-state index in [0.717, 1.165) is 0 Å². The number of pyridine rings is 2. The van der Waals surface area contributed by atoms with Gasteiger partial charge in [0.15, 0.2) is 11.4 Å². The predicted octanol–water partition coefficient (Wildman–Crippen LogP) is 3.46. The van der Waals surface area contributed by atoms with E-state index in [1.165, 1.54) is 16.8 Å². The second kappa shape index (κ2) is 6.42. The van der Waals surface area contributed by atoms with E-state index in [1.807, 2.05) is 12.1 Å². The van der Waals surface area contributed by atoms with E-state index in [2.05, 4.69) is 4.98 Å². The molecule has 0 fully saturated rings. The highest BCUT2D eigenvalue weighted by Gasteiger charge is 2.20. The Balaban J connectivity index is 2.17. The molecule has 0 amide bonds. The number of aromatic carboxylic acids is 1. The molecule has 0 bridgehead atoms. The van der Waals surface area contributed by atoms with Crippen LogP contribution in [0.4, 0.5) is 0 Å². The summed E-state index contributed by atoms with van der Waals surface area (Å²) in [5.41, 5.74) is 1.19. The first-order valence-electron chi connectivity index (χ1n) is 8.20. The number of para-hydroxylation sites is 1. The van der Waals surface area contributed by atoms with Gasteiger partial charge in [-0.05, 0) is 23.8 Å². The number of rotatable bonds is 3. The van der Waals surface area contributed by atoms with Gasteiger partial charge in [0.05, 0.1) is 11.7 Å². The van der Waals surface area contributed by atoms with Crippen LogP contribution in [0, 0.1) is 0 Å². The van der Waals surface area contributed by atoms with Gasteiger partial charge in [0, 0.05) is 16.6 Å². The van der Waals surface area contributed by atoms with Gasteiger partial charge < -0.3 is 10.2 Å². The van der Waals surface area contributed by atoms with E-state index in [1.54, 1.807) is 48.5 Å². The number of aromatic nitrogens is 2. The molecule has 0 atom stereocenters. The van der Waals surface area contributed by atoms with Crippen LogP contribution in [0.25, 0.3) is 27.7 Å². The van der Waals surface area contributed by atoms with Crippen molar-refractivity contribution >= 4 is 16.9 Å². The molecule has 6 heteroatoms. The average molecular weight is 358 g/mol. The van der Waals surface area contributed by atoms with Gasteiger partial charge in [-0.2, -0.15) is 0 Å². The number of carboxylic acids is 1. The van der Waals surface area contributed by atoms with Gasteiger partial charge in [0.1, 0.15) is 0 Å². The molecule has 0 aliphatic heterocycles. The zero-order valence-corrected chi connectivity index (χ0v) is 14.0. The molecular weight excluding hydrogens is 344 g/mol. The second-order valence-electron chi connectivity index (χ2n) is 5.96. The van der Waals surface area contributed by atoms with Crippen LogP contribution in [0.15, 0.2) is 77.7 Å². The lowest BCUT2D eigenvalue weighted by Gasteiger charge is -2.14. The minimum Gasteiger partial charge on any atom is -0.505 e. The first-order chi connectivity index (χ1) is 13.1. The maximum Gasteiger partial charge on any atom is 0.358 e. The molecule has 2 heterocycles. The van der Waals surface area contributed by atoms with Crippen LogP contribution in [-0.4, -0.2) is 25.7 Å². The number of nitrogens with zero attached hydrogens (tertiary/aromatic N) is 2. The smallest absolute Gasteiger partial charge is 0.358 e. The molecule has 2 N–H and O–H groups in total. The summed E-state index contributed by atoms with van der Waals surface area (Å²) in [5.74, 6) is -1.81. The Morgan fingerprint density at radius 2 is 1.59 bits per heavy atom. The van der Waals surface area contributed by atoms with E-state index in [-0.39, 0.29) is 10.9 Å². The maximum atomic E-state index is 13.3. The summed E-state index contributed by atoms with van der Waals surface area (Å²) in [7, 11) is 0. The van der Waals surface area contributed by atoms with E-state index >= 15 is 0 Å². The fourth-order valence-corrected chi connectivity index (χ4v) is 3.08. The molecule has 4 aromatic rings. The summed E-state index contributed by atoms with van der Waals surface area (Å²) in [6.45, 7) is 0. The van der Waals surface area contributed by atoms with Gasteiger partial charge >= 0.3 is 5.97 Å². The Kier molecular flexibility index (Phi) is 3.93. The Bertz CT molecular complexity index is 1220. The van der Waals surface area contributed by atoms with Crippen molar-refractivity contribution in [1.29, 1.82) is 0 Å². The highest BCUT2D eigenvalue weighted by atomic mass is 16.4. The molecule has 6 nitrogen and oxygen atoms in total. The largest absolute Gasteiger partial charge is 0.505 e. The van der Waals surface area contributed by atoms with Crippen LogP contribution >= 0.6 is 0 Å². The van der Waals surface area contributed by atoms with Gasteiger partial charge in [-0.25, -0.2) is 9.78 Å². The van der Waals surface area contributed by atoms with Crippen molar-refractivity contribution in [3.8, 4) is 22.6 Å². The highest BCUT2D eigenvalue weighted by Crippen LogP contribution is 2.30. The number of carboxylic acid groups (broad SMARTS) is 1. The fourth-order valence-electron chi connectivity index (χ4n) is 3.08. The monoisotopic (exact) mass is 358 g/mol. The van der Waals surface area contributed by atoms with Gasteiger partial charge in [-0.1, -0.05) is 48.5 Å². The van der Waals surface area contributed by atoms with Gasteiger partial charge in [0.25, 0.3) is 5.56 Å². The summed E-state index contributed by atoms with van der Waals surface area (Å²) in [4.78, 5) is 28.4. The van der Waals surface area contributed by atoms with Gasteiger partial charge in [-0.3, -0.25) is 9.36 Å². The lowest BCUT2D eigenvalue weighted by Crippen LogP contribution is -2.21. The minimum atomic E-state index is -1.34. The van der Waals surface area contributed by atoms with Crippen LogP contribution in [-0.2, 0) is 0 Å². The Morgan fingerprint density at radius 1 is 0.963 bits per heavy atom.